The quantitative estimate of drug-likeness (QED) is 0.0460. The lowest BCUT2D eigenvalue weighted by atomic mass is 10.2. The van der Waals surface area contributed by atoms with Crippen molar-refractivity contribution >= 4 is 33.0 Å². The van der Waals surface area contributed by atoms with E-state index in [0.717, 1.165) is 12.1 Å². The van der Waals surface area contributed by atoms with Crippen LogP contribution < -0.4 is 4.74 Å². The molecule has 0 aromatic heterocycles. The van der Waals surface area contributed by atoms with Gasteiger partial charge in [0.15, 0.2) is 24.8 Å². The lowest BCUT2D eigenvalue weighted by molar-refractivity contribution is -0.248. The molecular formula is C32H25F5O7S2. The van der Waals surface area contributed by atoms with Gasteiger partial charge in [-0.3, -0.25) is 0 Å². The van der Waals surface area contributed by atoms with Gasteiger partial charge >= 0.3 is 23.4 Å². The van der Waals surface area contributed by atoms with Gasteiger partial charge in [0.2, 0.25) is 0 Å². The van der Waals surface area contributed by atoms with Gasteiger partial charge in [0.25, 0.3) is 6.10 Å². The van der Waals surface area contributed by atoms with Crippen molar-refractivity contribution in [2.45, 2.75) is 39.1 Å². The summed E-state index contributed by atoms with van der Waals surface area (Å²) in [4.78, 5) is 26.7. The summed E-state index contributed by atoms with van der Waals surface area (Å²) in [5.41, 5.74) is -0.136. The van der Waals surface area contributed by atoms with Crippen molar-refractivity contribution in [3.8, 4) is 5.75 Å². The Hall–Kier alpha value is -4.53. The van der Waals surface area contributed by atoms with Crippen LogP contribution in [-0.4, -0.2) is 42.4 Å². The molecule has 0 N–H and O–H groups in total. The van der Waals surface area contributed by atoms with Crippen molar-refractivity contribution in [1.82, 2.24) is 0 Å². The molecule has 4 aromatic carbocycles. The summed E-state index contributed by atoms with van der Waals surface area (Å²) >= 11 is 0. The average molecular weight is 681 g/mol. The van der Waals surface area contributed by atoms with Crippen molar-refractivity contribution in [3.63, 3.8) is 0 Å². The molecule has 0 aliphatic rings. The van der Waals surface area contributed by atoms with Gasteiger partial charge in [0, 0.05) is 5.57 Å². The summed E-state index contributed by atoms with van der Waals surface area (Å²) in [6.07, 6.45) is -10.4. The lowest BCUT2D eigenvalue weighted by Crippen LogP contribution is -2.52. The van der Waals surface area contributed by atoms with E-state index in [4.69, 9.17) is 4.74 Å². The van der Waals surface area contributed by atoms with Crippen LogP contribution in [0.2, 0.25) is 0 Å². The van der Waals surface area contributed by atoms with Crippen LogP contribution in [-0.2, 0) is 30.5 Å². The highest BCUT2D eigenvalue weighted by Gasteiger charge is 2.63. The predicted molar refractivity (Wildman–Crippen MR) is 158 cm³/mol. The van der Waals surface area contributed by atoms with Gasteiger partial charge in [-0.2, -0.15) is 22.0 Å². The molecule has 0 heterocycles. The fraction of sp³-hybridized carbons (Fsp3) is 0.125. The first-order valence-corrected chi connectivity index (χ1v) is 15.6. The maximum atomic E-state index is 13.1. The molecule has 0 amide bonds. The molecule has 0 fully saturated rings. The third-order valence-corrected chi connectivity index (χ3v) is 8.86. The monoisotopic (exact) mass is 680 g/mol. The summed E-state index contributed by atoms with van der Waals surface area (Å²) < 4.78 is 103. The number of hydrogen-bond donors (Lipinski definition) is 0. The van der Waals surface area contributed by atoms with Crippen molar-refractivity contribution in [2.24, 2.45) is 0 Å². The molecular weight excluding hydrogens is 655 g/mol. The zero-order valence-corrected chi connectivity index (χ0v) is 25.5. The average Bonchev–Trinajstić information content (AvgIpc) is 3.01. The second kappa shape index (κ2) is 15.2. The number of hydrogen-bond acceptors (Lipinski definition) is 7. The fourth-order valence-electron chi connectivity index (χ4n) is 3.57. The Morgan fingerprint density at radius 1 is 0.739 bits per heavy atom. The van der Waals surface area contributed by atoms with E-state index in [2.05, 4.69) is 59.8 Å². The number of halogens is 5. The molecule has 0 spiro atoms. The minimum absolute atomic E-state index is 0.202. The molecule has 0 saturated carbocycles. The maximum Gasteiger partial charge on any atom is 0.432 e. The van der Waals surface area contributed by atoms with Gasteiger partial charge in [0.05, 0.1) is 16.5 Å². The highest BCUT2D eigenvalue weighted by molar-refractivity contribution is 7.97. The van der Waals surface area contributed by atoms with Crippen molar-refractivity contribution in [3.05, 3.63) is 133 Å². The van der Waals surface area contributed by atoms with E-state index in [-0.39, 0.29) is 10.9 Å². The minimum Gasteiger partial charge on any atom is -0.743 e. The Kier molecular flexibility index (Phi) is 11.9. The molecule has 242 valence electrons. The van der Waals surface area contributed by atoms with Crippen molar-refractivity contribution in [1.29, 1.82) is 0 Å². The first-order chi connectivity index (χ1) is 21.5. The SMILES string of the molecule is C=C(C)C(=O)Oc1ccc([S+](c2ccccc2)c2ccccc2)cc1.O=C(OC(C(F)(F)F)C(F)(F)S(=O)(=O)[O-])c1ccccc1. The molecule has 46 heavy (non-hydrogen) atoms. The highest BCUT2D eigenvalue weighted by Crippen LogP contribution is 2.38. The molecule has 1 atom stereocenters. The van der Waals surface area contributed by atoms with E-state index in [9.17, 15) is 44.5 Å². The number of ether oxygens (including phenoxy) is 2. The third kappa shape index (κ3) is 9.49. The van der Waals surface area contributed by atoms with E-state index in [1.807, 2.05) is 36.4 Å². The molecule has 4 aromatic rings. The van der Waals surface area contributed by atoms with Gasteiger partial charge in [0.1, 0.15) is 5.75 Å². The molecule has 0 bridgehead atoms. The van der Waals surface area contributed by atoms with Gasteiger partial charge in [-0.15, -0.1) is 0 Å². The summed E-state index contributed by atoms with van der Waals surface area (Å²) in [6, 6.07) is 34.3. The van der Waals surface area contributed by atoms with Crippen LogP contribution in [0, 0.1) is 0 Å². The van der Waals surface area contributed by atoms with E-state index < -0.39 is 45.2 Å². The van der Waals surface area contributed by atoms with Crippen LogP contribution in [0.4, 0.5) is 22.0 Å². The first-order valence-electron chi connectivity index (χ1n) is 13.0. The first kappa shape index (κ1) is 35.9. The summed E-state index contributed by atoms with van der Waals surface area (Å²) in [5.74, 6) is -1.72. The van der Waals surface area contributed by atoms with Crippen molar-refractivity contribution < 1.29 is 54.0 Å². The highest BCUT2D eigenvalue weighted by atomic mass is 32.2. The summed E-state index contributed by atoms with van der Waals surface area (Å²) in [6.45, 7) is 5.24. The minimum atomic E-state index is -6.69. The zero-order chi connectivity index (χ0) is 34.1. The molecule has 7 nitrogen and oxygen atoms in total. The van der Waals surface area contributed by atoms with Gasteiger partial charge in [-0.1, -0.05) is 61.2 Å². The Morgan fingerprint density at radius 2 is 1.15 bits per heavy atom. The molecule has 0 radical (unpaired) electrons. The number of rotatable bonds is 9. The Morgan fingerprint density at radius 3 is 1.54 bits per heavy atom. The van der Waals surface area contributed by atoms with E-state index in [1.165, 1.54) is 32.9 Å². The normalized spacial score (nSPS) is 12.3. The maximum absolute atomic E-state index is 13.1. The summed E-state index contributed by atoms with van der Waals surface area (Å²) in [5, 5.41) is -5.85. The van der Waals surface area contributed by atoms with Crippen LogP contribution >= 0.6 is 0 Å². The number of esters is 2. The van der Waals surface area contributed by atoms with Gasteiger partial charge in [-0.05, 0) is 67.6 Å². The topological polar surface area (TPSA) is 110 Å². The van der Waals surface area contributed by atoms with Crippen LogP contribution in [0.3, 0.4) is 0 Å². The van der Waals surface area contributed by atoms with E-state index >= 15 is 0 Å². The smallest absolute Gasteiger partial charge is 0.432 e. The number of benzene rings is 4. The molecule has 4 rings (SSSR count). The molecule has 0 aliphatic heterocycles. The van der Waals surface area contributed by atoms with Gasteiger partial charge < -0.3 is 14.0 Å². The largest absolute Gasteiger partial charge is 0.743 e. The Labute approximate surface area is 264 Å². The van der Waals surface area contributed by atoms with Crippen LogP contribution in [0.25, 0.3) is 0 Å². The molecule has 1 unspecified atom stereocenters. The van der Waals surface area contributed by atoms with Crippen LogP contribution in [0.15, 0.2) is 142 Å². The van der Waals surface area contributed by atoms with Gasteiger partial charge in [-0.25, -0.2) is 18.0 Å². The predicted octanol–water partition coefficient (Wildman–Crippen LogP) is 7.18. The Balaban J connectivity index is 0.000000255. The van der Waals surface area contributed by atoms with E-state index in [1.54, 1.807) is 6.92 Å². The van der Waals surface area contributed by atoms with Crippen LogP contribution in [0.5, 0.6) is 5.75 Å². The molecule has 0 aliphatic carbocycles. The third-order valence-electron chi connectivity index (χ3n) is 5.75. The lowest BCUT2D eigenvalue weighted by Gasteiger charge is -2.29. The van der Waals surface area contributed by atoms with Crippen molar-refractivity contribution in [2.75, 3.05) is 0 Å². The second-order valence-electron chi connectivity index (χ2n) is 9.28. The number of carbonyl (C=O) groups excluding carboxylic acids is 2. The molecule has 0 saturated heterocycles. The fourth-order valence-corrected chi connectivity index (χ4v) is 6.09. The standard InChI is InChI=1S/C22H19O2S.C10H7F5O5S/c1-17(2)22(23)24-18-13-15-21(16-14-18)25(19-9-5-3-6-10-19)20-11-7-4-8-12-20;11-9(12,13)8(10(14,15)21(17,18)19)20-7(16)6-4-2-1-3-5-6/h3-16H,1H2,2H3;1-5,8H,(H,17,18,19)/q+1;/p-1. The summed E-state index contributed by atoms with van der Waals surface area (Å²) in [7, 11) is -6.90. The number of alkyl halides is 5. The number of carbonyl (C=O) groups is 2. The zero-order valence-electron chi connectivity index (χ0n) is 23.8. The van der Waals surface area contributed by atoms with E-state index in [0.29, 0.717) is 11.3 Å². The second-order valence-corrected chi connectivity index (χ2v) is 12.8. The van der Waals surface area contributed by atoms with Crippen LogP contribution in [0.1, 0.15) is 17.3 Å². The Bertz CT molecular complexity index is 1690. The molecule has 14 heteroatoms.